The summed E-state index contributed by atoms with van der Waals surface area (Å²) in [6.45, 7) is 1.03. The van der Waals surface area contributed by atoms with E-state index in [1.165, 1.54) is 12.1 Å². The third-order valence-corrected chi connectivity index (χ3v) is 2.19. The van der Waals surface area contributed by atoms with Gasteiger partial charge < -0.3 is 25.2 Å². The molecule has 0 fully saturated rings. The second-order valence-corrected chi connectivity index (χ2v) is 3.56. The quantitative estimate of drug-likeness (QED) is 0.527. The van der Waals surface area contributed by atoms with Gasteiger partial charge in [-0.05, 0) is 18.2 Å². The topological polar surface area (TPSA) is 115 Å². The minimum Gasteiger partial charge on any atom is -0.504 e. The van der Waals surface area contributed by atoms with Crippen molar-refractivity contribution < 1.29 is 19.5 Å². The monoisotopic (exact) mass is 251 g/mol. The van der Waals surface area contributed by atoms with E-state index in [9.17, 15) is 10.2 Å². The van der Waals surface area contributed by atoms with Gasteiger partial charge in [-0.15, -0.1) is 0 Å². The minimum absolute atomic E-state index is 0.189. The van der Waals surface area contributed by atoms with Crippen molar-refractivity contribution in [1.29, 1.82) is 0 Å². The van der Waals surface area contributed by atoms with Crippen molar-refractivity contribution in [2.75, 3.05) is 13.2 Å². The molecule has 1 heterocycles. The third-order valence-electron chi connectivity index (χ3n) is 2.19. The standard InChI is InChI=1S/C11H13N3O4/c12-3-4-17-6-10-13-11(14-18-10)7-1-2-8(15)9(16)5-7/h1-2,5,15-16H,3-4,6,12H2. The SMILES string of the molecule is NCCOCc1nc(-c2ccc(O)c(O)c2)no1. The van der Waals surface area contributed by atoms with Crippen LogP contribution in [0, 0.1) is 0 Å². The normalized spacial score (nSPS) is 10.7. The van der Waals surface area contributed by atoms with E-state index in [0.29, 0.717) is 30.4 Å². The largest absolute Gasteiger partial charge is 0.504 e. The van der Waals surface area contributed by atoms with Crippen molar-refractivity contribution in [2.45, 2.75) is 6.61 Å². The Morgan fingerprint density at radius 2 is 2.11 bits per heavy atom. The fourth-order valence-electron chi connectivity index (χ4n) is 1.34. The maximum atomic E-state index is 9.37. The van der Waals surface area contributed by atoms with Crippen LogP contribution in [0.5, 0.6) is 11.5 Å². The fourth-order valence-corrected chi connectivity index (χ4v) is 1.34. The predicted molar refractivity (Wildman–Crippen MR) is 61.8 cm³/mol. The summed E-state index contributed by atoms with van der Waals surface area (Å²) >= 11 is 0. The molecule has 1 aromatic carbocycles. The molecule has 18 heavy (non-hydrogen) atoms. The van der Waals surface area contributed by atoms with Gasteiger partial charge in [0, 0.05) is 12.1 Å². The summed E-state index contributed by atoms with van der Waals surface area (Å²) in [5, 5.41) is 22.3. The molecule has 0 amide bonds. The number of ether oxygens (including phenoxy) is 1. The van der Waals surface area contributed by atoms with E-state index in [1.54, 1.807) is 6.07 Å². The van der Waals surface area contributed by atoms with E-state index in [4.69, 9.17) is 15.0 Å². The molecule has 4 N–H and O–H groups in total. The van der Waals surface area contributed by atoms with E-state index < -0.39 is 0 Å². The van der Waals surface area contributed by atoms with Crippen molar-refractivity contribution in [3.05, 3.63) is 24.1 Å². The summed E-state index contributed by atoms with van der Waals surface area (Å²) in [5.74, 6) is 0.203. The number of phenolic OH excluding ortho intramolecular Hbond substituents is 2. The number of aromatic nitrogens is 2. The van der Waals surface area contributed by atoms with Crippen LogP contribution in [0.2, 0.25) is 0 Å². The lowest BCUT2D eigenvalue weighted by Crippen LogP contribution is -2.08. The first kappa shape index (κ1) is 12.3. The Morgan fingerprint density at radius 3 is 2.83 bits per heavy atom. The van der Waals surface area contributed by atoms with E-state index in [0.717, 1.165) is 0 Å². The van der Waals surface area contributed by atoms with Gasteiger partial charge >= 0.3 is 0 Å². The van der Waals surface area contributed by atoms with Crippen LogP contribution in [-0.2, 0) is 11.3 Å². The number of nitrogens with zero attached hydrogens (tertiary/aromatic N) is 2. The molecule has 2 rings (SSSR count). The number of hydrogen-bond acceptors (Lipinski definition) is 7. The summed E-state index contributed by atoms with van der Waals surface area (Å²) in [6, 6.07) is 4.28. The second kappa shape index (κ2) is 5.48. The summed E-state index contributed by atoms with van der Waals surface area (Å²) in [4.78, 5) is 4.09. The molecular formula is C11H13N3O4. The first-order valence-electron chi connectivity index (χ1n) is 5.33. The summed E-state index contributed by atoms with van der Waals surface area (Å²) in [6.07, 6.45) is 0. The van der Waals surface area contributed by atoms with Gasteiger partial charge in [0.25, 0.3) is 5.89 Å². The Bertz CT molecular complexity index is 527. The molecule has 0 bridgehead atoms. The molecule has 0 spiro atoms. The molecular weight excluding hydrogens is 238 g/mol. The Labute approximate surface area is 103 Å². The second-order valence-electron chi connectivity index (χ2n) is 3.56. The molecule has 0 atom stereocenters. The molecule has 2 aromatic rings. The maximum absolute atomic E-state index is 9.37. The Balaban J connectivity index is 2.11. The Morgan fingerprint density at radius 1 is 1.28 bits per heavy atom. The maximum Gasteiger partial charge on any atom is 0.252 e. The first-order chi connectivity index (χ1) is 8.70. The van der Waals surface area contributed by atoms with Gasteiger partial charge in [-0.3, -0.25) is 0 Å². The van der Waals surface area contributed by atoms with Crippen LogP contribution < -0.4 is 5.73 Å². The first-order valence-corrected chi connectivity index (χ1v) is 5.33. The predicted octanol–water partition coefficient (Wildman–Crippen LogP) is 0.623. The zero-order valence-corrected chi connectivity index (χ0v) is 9.54. The highest BCUT2D eigenvalue weighted by Crippen LogP contribution is 2.29. The van der Waals surface area contributed by atoms with Crippen molar-refractivity contribution in [3.63, 3.8) is 0 Å². The zero-order valence-electron chi connectivity index (χ0n) is 9.54. The smallest absolute Gasteiger partial charge is 0.252 e. The molecule has 7 heteroatoms. The molecule has 0 aliphatic heterocycles. The van der Waals surface area contributed by atoms with Crippen LogP contribution >= 0.6 is 0 Å². The molecule has 1 aromatic heterocycles. The highest BCUT2D eigenvalue weighted by Gasteiger charge is 2.10. The third kappa shape index (κ3) is 2.76. The number of aromatic hydroxyl groups is 2. The van der Waals surface area contributed by atoms with Gasteiger partial charge in [-0.25, -0.2) is 0 Å². The summed E-state index contributed by atoms with van der Waals surface area (Å²) in [7, 11) is 0. The number of hydrogen-bond donors (Lipinski definition) is 3. The van der Waals surface area contributed by atoms with Crippen molar-refractivity contribution in [3.8, 4) is 22.9 Å². The van der Waals surface area contributed by atoms with Gasteiger partial charge in [-0.2, -0.15) is 4.98 Å². The highest BCUT2D eigenvalue weighted by molar-refractivity contribution is 5.59. The number of phenols is 2. The molecule has 0 aliphatic rings. The van der Waals surface area contributed by atoms with Crippen LogP contribution in [0.4, 0.5) is 0 Å². The van der Waals surface area contributed by atoms with Crippen LogP contribution in [0.3, 0.4) is 0 Å². The average molecular weight is 251 g/mol. The van der Waals surface area contributed by atoms with E-state index in [-0.39, 0.29) is 18.1 Å². The van der Waals surface area contributed by atoms with Crippen molar-refractivity contribution in [2.24, 2.45) is 5.73 Å². The molecule has 0 radical (unpaired) electrons. The Kier molecular flexibility index (Phi) is 3.75. The average Bonchev–Trinajstić information content (AvgIpc) is 2.82. The van der Waals surface area contributed by atoms with Crippen LogP contribution in [0.1, 0.15) is 5.89 Å². The van der Waals surface area contributed by atoms with E-state index >= 15 is 0 Å². The number of rotatable bonds is 5. The number of benzene rings is 1. The van der Waals surface area contributed by atoms with Gasteiger partial charge in [0.1, 0.15) is 6.61 Å². The molecule has 0 aliphatic carbocycles. The van der Waals surface area contributed by atoms with Crippen molar-refractivity contribution >= 4 is 0 Å². The zero-order chi connectivity index (χ0) is 13.0. The van der Waals surface area contributed by atoms with E-state index in [2.05, 4.69) is 10.1 Å². The molecule has 0 unspecified atom stereocenters. The van der Waals surface area contributed by atoms with Gasteiger partial charge in [-0.1, -0.05) is 5.16 Å². The van der Waals surface area contributed by atoms with Gasteiger partial charge in [0.2, 0.25) is 5.82 Å². The molecule has 7 nitrogen and oxygen atoms in total. The molecule has 96 valence electrons. The Hall–Kier alpha value is -2.12. The fraction of sp³-hybridized carbons (Fsp3) is 0.273. The van der Waals surface area contributed by atoms with E-state index in [1.807, 2.05) is 0 Å². The summed E-state index contributed by atoms with van der Waals surface area (Å²) < 4.78 is 10.1. The molecule has 0 saturated carbocycles. The van der Waals surface area contributed by atoms with Crippen LogP contribution in [0.15, 0.2) is 22.7 Å². The lowest BCUT2D eigenvalue weighted by Gasteiger charge is -1.98. The lowest BCUT2D eigenvalue weighted by molar-refractivity contribution is 0.104. The summed E-state index contributed by atoms with van der Waals surface area (Å²) in [5.41, 5.74) is 5.82. The van der Waals surface area contributed by atoms with Gasteiger partial charge in [0.05, 0.1) is 6.61 Å². The minimum atomic E-state index is -0.238. The molecule has 0 saturated heterocycles. The van der Waals surface area contributed by atoms with Crippen LogP contribution in [-0.4, -0.2) is 33.5 Å². The number of nitrogens with two attached hydrogens (primary N) is 1. The van der Waals surface area contributed by atoms with Crippen molar-refractivity contribution in [1.82, 2.24) is 10.1 Å². The van der Waals surface area contributed by atoms with Crippen LogP contribution in [0.25, 0.3) is 11.4 Å². The lowest BCUT2D eigenvalue weighted by atomic mass is 10.2. The highest BCUT2D eigenvalue weighted by atomic mass is 16.5. The van der Waals surface area contributed by atoms with Gasteiger partial charge in [0.15, 0.2) is 11.5 Å².